The predicted molar refractivity (Wildman–Crippen MR) is 134 cm³/mol. The molecule has 0 aliphatic heterocycles. The van der Waals surface area contributed by atoms with Gasteiger partial charge >= 0.3 is 0 Å². The van der Waals surface area contributed by atoms with Crippen LogP contribution in [0.25, 0.3) is 50.0 Å². The van der Waals surface area contributed by atoms with Crippen molar-refractivity contribution in [2.45, 2.75) is 19.9 Å². The van der Waals surface area contributed by atoms with Gasteiger partial charge in [-0.1, -0.05) is 37.3 Å². The Hall–Kier alpha value is -4.03. The van der Waals surface area contributed by atoms with Gasteiger partial charge in [-0.2, -0.15) is 5.10 Å². The maximum Gasteiger partial charge on any atom is 0.181 e. The van der Waals surface area contributed by atoms with Crippen LogP contribution in [0.2, 0.25) is 0 Å². The lowest BCUT2D eigenvalue weighted by Crippen LogP contribution is -2.11. The molecule has 0 saturated heterocycles. The first-order valence-corrected chi connectivity index (χ1v) is 11.3. The van der Waals surface area contributed by atoms with Gasteiger partial charge in [-0.05, 0) is 53.9 Å². The lowest BCUT2D eigenvalue weighted by molar-refractivity contribution is 0.724. The fourth-order valence-corrected chi connectivity index (χ4v) is 4.47. The Balaban J connectivity index is 1.43. The molecule has 0 radical (unpaired) electrons. The molecule has 0 spiro atoms. The maximum atomic E-state index is 4.61. The number of hydrogen-bond acceptors (Lipinski definition) is 4. The van der Waals surface area contributed by atoms with E-state index in [4.69, 9.17) is 0 Å². The molecular formula is C27H24N6. The minimum Gasteiger partial charge on any atom is -0.353 e. The van der Waals surface area contributed by atoms with Gasteiger partial charge in [-0.25, -0.2) is 4.98 Å². The standard InChI is InChI=1S/C27H24N6/c1-2-28-13-17-10-19(15-29-14-17)20-11-23-26(32-33-27(23)30-16-20)25-12-22-21(18-6-3-4-7-18)8-5-9-24(22)31-25/h3,5-12,14-16,28,31H,2,4,13H2,1H3,(H,30,32,33). The molecule has 4 heterocycles. The van der Waals surface area contributed by atoms with Crippen LogP contribution in [-0.4, -0.2) is 31.7 Å². The normalized spacial score (nSPS) is 13.3. The fourth-order valence-electron chi connectivity index (χ4n) is 4.47. The SMILES string of the molecule is CCNCc1cncc(-c2cnc3n[nH]c(-c4cc5c(C6=CCC=C6)cccc5[nH]4)c3c2)c1. The molecule has 33 heavy (non-hydrogen) atoms. The number of aromatic nitrogens is 5. The summed E-state index contributed by atoms with van der Waals surface area (Å²) < 4.78 is 0. The van der Waals surface area contributed by atoms with Crippen LogP contribution < -0.4 is 5.32 Å². The van der Waals surface area contributed by atoms with Crippen LogP contribution in [0.15, 0.2) is 73.2 Å². The number of rotatable bonds is 6. The number of aromatic amines is 2. The van der Waals surface area contributed by atoms with Gasteiger partial charge in [0, 0.05) is 52.6 Å². The fraction of sp³-hybridized carbons (Fsp3) is 0.148. The molecule has 4 aromatic heterocycles. The smallest absolute Gasteiger partial charge is 0.181 e. The quantitative estimate of drug-likeness (QED) is 0.325. The van der Waals surface area contributed by atoms with Crippen LogP contribution in [-0.2, 0) is 6.54 Å². The summed E-state index contributed by atoms with van der Waals surface area (Å²) in [7, 11) is 0. The zero-order valence-electron chi connectivity index (χ0n) is 18.4. The lowest BCUT2D eigenvalue weighted by Gasteiger charge is -2.06. The molecular weight excluding hydrogens is 408 g/mol. The van der Waals surface area contributed by atoms with Crippen molar-refractivity contribution in [2.24, 2.45) is 0 Å². The molecule has 6 heteroatoms. The Morgan fingerprint density at radius 2 is 1.97 bits per heavy atom. The summed E-state index contributed by atoms with van der Waals surface area (Å²) in [5, 5.41) is 13.2. The van der Waals surface area contributed by atoms with Crippen LogP contribution in [0.3, 0.4) is 0 Å². The topological polar surface area (TPSA) is 82.3 Å². The Morgan fingerprint density at radius 3 is 2.85 bits per heavy atom. The number of pyridine rings is 2. The summed E-state index contributed by atoms with van der Waals surface area (Å²) in [6.45, 7) is 3.83. The first-order chi connectivity index (χ1) is 16.3. The summed E-state index contributed by atoms with van der Waals surface area (Å²) in [6, 6.07) is 12.9. The van der Waals surface area contributed by atoms with Gasteiger partial charge in [-0.3, -0.25) is 10.1 Å². The second-order valence-corrected chi connectivity index (χ2v) is 8.30. The van der Waals surface area contributed by atoms with E-state index in [0.29, 0.717) is 5.65 Å². The monoisotopic (exact) mass is 432 g/mol. The zero-order chi connectivity index (χ0) is 22.2. The predicted octanol–water partition coefficient (Wildman–Crippen LogP) is 5.62. The molecule has 0 atom stereocenters. The van der Waals surface area contributed by atoms with E-state index in [2.05, 4.69) is 92.0 Å². The third-order valence-electron chi connectivity index (χ3n) is 6.13. The summed E-state index contributed by atoms with van der Waals surface area (Å²) in [6.07, 6.45) is 13.3. The molecule has 1 aliphatic carbocycles. The first kappa shape index (κ1) is 19.6. The highest BCUT2D eigenvalue weighted by Gasteiger charge is 2.15. The highest BCUT2D eigenvalue weighted by molar-refractivity contribution is 6.00. The number of H-pyrrole nitrogens is 2. The minimum absolute atomic E-state index is 0.700. The summed E-state index contributed by atoms with van der Waals surface area (Å²) in [5.74, 6) is 0. The molecule has 3 N–H and O–H groups in total. The minimum atomic E-state index is 0.700. The van der Waals surface area contributed by atoms with Gasteiger partial charge < -0.3 is 10.3 Å². The average Bonchev–Trinajstić information content (AvgIpc) is 3.61. The van der Waals surface area contributed by atoms with E-state index < -0.39 is 0 Å². The van der Waals surface area contributed by atoms with E-state index >= 15 is 0 Å². The Labute approximate surface area is 191 Å². The van der Waals surface area contributed by atoms with Gasteiger partial charge in [0.2, 0.25) is 0 Å². The third-order valence-corrected chi connectivity index (χ3v) is 6.13. The second-order valence-electron chi connectivity index (χ2n) is 8.30. The zero-order valence-corrected chi connectivity index (χ0v) is 18.4. The van der Waals surface area contributed by atoms with Gasteiger partial charge in [0.05, 0.1) is 11.4 Å². The number of nitrogens with zero attached hydrogens (tertiary/aromatic N) is 3. The molecule has 0 saturated carbocycles. The summed E-state index contributed by atoms with van der Waals surface area (Å²) in [5.41, 5.74) is 9.49. The highest BCUT2D eigenvalue weighted by atomic mass is 15.2. The van der Waals surface area contributed by atoms with Crippen molar-refractivity contribution in [2.75, 3.05) is 6.54 Å². The van der Waals surface area contributed by atoms with Crippen molar-refractivity contribution in [3.05, 3.63) is 84.3 Å². The van der Waals surface area contributed by atoms with Crippen molar-refractivity contribution in [3.63, 3.8) is 0 Å². The van der Waals surface area contributed by atoms with Crippen LogP contribution >= 0.6 is 0 Å². The van der Waals surface area contributed by atoms with Crippen molar-refractivity contribution in [3.8, 4) is 22.5 Å². The number of fused-ring (bicyclic) bond motifs is 2. The summed E-state index contributed by atoms with van der Waals surface area (Å²) in [4.78, 5) is 12.6. The van der Waals surface area contributed by atoms with Crippen LogP contribution in [0.1, 0.15) is 24.5 Å². The number of nitrogens with one attached hydrogen (secondary N) is 3. The average molecular weight is 433 g/mol. The molecule has 162 valence electrons. The second kappa shape index (κ2) is 8.15. The largest absolute Gasteiger partial charge is 0.353 e. The molecule has 6 nitrogen and oxygen atoms in total. The van der Waals surface area contributed by atoms with Gasteiger partial charge in [-0.15, -0.1) is 0 Å². The van der Waals surface area contributed by atoms with Gasteiger partial charge in [0.1, 0.15) is 0 Å². The van der Waals surface area contributed by atoms with Crippen molar-refractivity contribution in [1.82, 2.24) is 30.5 Å². The van der Waals surface area contributed by atoms with E-state index in [1.165, 1.54) is 16.5 Å². The Bertz CT molecular complexity index is 1540. The van der Waals surface area contributed by atoms with Gasteiger partial charge in [0.15, 0.2) is 5.65 Å². The van der Waals surface area contributed by atoms with E-state index in [1.54, 1.807) is 0 Å². The Morgan fingerprint density at radius 1 is 1.03 bits per heavy atom. The van der Waals surface area contributed by atoms with Crippen LogP contribution in [0.4, 0.5) is 0 Å². The molecule has 0 amide bonds. The van der Waals surface area contributed by atoms with E-state index in [9.17, 15) is 0 Å². The van der Waals surface area contributed by atoms with Crippen molar-refractivity contribution >= 4 is 27.5 Å². The highest BCUT2D eigenvalue weighted by Crippen LogP contribution is 2.34. The molecule has 0 fully saturated rings. The van der Waals surface area contributed by atoms with Gasteiger partial charge in [0.25, 0.3) is 0 Å². The molecule has 0 unspecified atom stereocenters. The number of allylic oxidation sites excluding steroid dienone is 4. The van der Waals surface area contributed by atoms with Crippen molar-refractivity contribution < 1.29 is 0 Å². The van der Waals surface area contributed by atoms with Crippen LogP contribution in [0.5, 0.6) is 0 Å². The van der Waals surface area contributed by atoms with Crippen LogP contribution in [0, 0.1) is 0 Å². The van der Waals surface area contributed by atoms with E-state index in [-0.39, 0.29) is 0 Å². The molecule has 1 aromatic carbocycles. The lowest BCUT2D eigenvalue weighted by atomic mass is 10.0. The third kappa shape index (κ3) is 3.54. The Kier molecular flexibility index (Phi) is 4.85. The molecule has 1 aliphatic rings. The molecule has 6 rings (SSSR count). The molecule has 0 bridgehead atoms. The van der Waals surface area contributed by atoms with E-state index in [0.717, 1.165) is 58.5 Å². The number of benzene rings is 1. The molecule has 5 aromatic rings. The van der Waals surface area contributed by atoms with Crippen molar-refractivity contribution in [1.29, 1.82) is 0 Å². The van der Waals surface area contributed by atoms with E-state index in [1.807, 2.05) is 18.6 Å². The first-order valence-electron chi connectivity index (χ1n) is 11.3. The maximum absolute atomic E-state index is 4.61. The number of hydrogen-bond donors (Lipinski definition) is 3. The summed E-state index contributed by atoms with van der Waals surface area (Å²) >= 11 is 0.